The van der Waals surface area contributed by atoms with Gasteiger partial charge in [-0.3, -0.25) is 4.72 Å². The summed E-state index contributed by atoms with van der Waals surface area (Å²) < 4.78 is 41.8. The Morgan fingerprint density at radius 2 is 1.55 bits per heavy atom. The van der Waals surface area contributed by atoms with Crippen LogP contribution in [0.2, 0.25) is 5.02 Å². The Kier molecular flexibility index (Phi) is 8.80. The quantitative estimate of drug-likeness (QED) is 0.379. The maximum absolute atomic E-state index is 11.6. The van der Waals surface area contributed by atoms with Crippen molar-refractivity contribution in [3.63, 3.8) is 0 Å². The van der Waals surface area contributed by atoms with Crippen molar-refractivity contribution in [3.05, 3.63) is 47.6 Å². The van der Waals surface area contributed by atoms with E-state index in [0.717, 1.165) is 6.26 Å². The maximum Gasteiger partial charge on any atom is 0.229 e. The van der Waals surface area contributed by atoms with E-state index in [1.165, 1.54) is 27.5 Å². The first-order valence-corrected chi connectivity index (χ1v) is 11.4. The first-order valence-electron chi connectivity index (χ1n) is 9.17. The minimum Gasteiger partial charge on any atom is -0.493 e. The molecule has 1 heterocycles. The summed E-state index contributed by atoms with van der Waals surface area (Å²) in [6, 6.07) is 10.2. The van der Waals surface area contributed by atoms with Gasteiger partial charge >= 0.3 is 0 Å². The summed E-state index contributed by atoms with van der Waals surface area (Å²) in [5, 5.41) is 6.34. The largest absolute Gasteiger partial charge is 0.493 e. The van der Waals surface area contributed by atoms with Crippen LogP contribution in [-0.4, -0.2) is 46.0 Å². The number of halogens is 2. The van der Waals surface area contributed by atoms with E-state index in [0.29, 0.717) is 34.3 Å². The van der Waals surface area contributed by atoms with Gasteiger partial charge in [0.2, 0.25) is 21.7 Å². The van der Waals surface area contributed by atoms with Gasteiger partial charge in [0.15, 0.2) is 17.3 Å². The van der Waals surface area contributed by atoms with Crippen molar-refractivity contribution in [2.24, 2.45) is 0 Å². The van der Waals surface area contributed by atoms with Crippen LogP contribution in [0.5, 0.6) is 17.2 Å². The molecule has 178 valence electrons. The fourth-order valence-corrected chi connectivity index (χ4v) is 3.52. The zero-order valence-corrected chi connectivity index (χ0v) is 20.6. The molecule has 33 heavy (non-hydrogen) atoms. The van der Waals surface area contributed by atoms with Crippen LogP contribution >= 0.6 is 24.0 Å². The second-order valence-electron chi connectivity index (χ2n) is 6.47. The standard InChI is InChI=1S/C20H22ClN5O5S.ClH/c1-29-16-9-12(10-17(30-2)18(16)31-3)23-20-22-11-13(21)19(25-20)24-14-7-5-6-8-15(14)26-32(4,27)28;/h5-11,26H,1-4H3,(H2,22,23,24,25);1H. The number of nitrogens with zero attached hydrogens (tertiary/aromatic N) is 2. The highest BCUT2D eigenvalue weighted by molar-refractivity contribution is 7.92. The summed E-state index contributed by atoms with van der Waals surface area (Å²) in [4.78, 5) is 8.59. The van der Waals surface area contributed by atoms with Gasteiger partial charge < -0.3 is 24.8 Å². The molecule has 0 aliphatic heterocycles. The number of anilines is 5. The molecule has 0 spiro atoms. The number of benzene rings is 2. The Morgan fingerprint density at radius 3 is 2.09 bits per heavy atom. The molecule has 0 unspecified atom stereocenters. The average Bonchev–Trinajstić information content (AvgIpc) is 2.75. The third kappa shape index (κ3) is 6.67. The van der Waals surface area contributed by atoms with Crippen molar-refractivity contribution in [3.8, 4) is 17.2 Å². The molecule has 3 aromatic rings. The highest BCUT2D eigenvalue weighted by atomic mass is 35.5. The van der Waals surface area contributed by atoms with Crippen molar-refractivity contribution in [2.45, 2.75) is 0 Å². The fraction of sp³-hybridized carbons (Fsp3) is 0.200. The number of nitrogens with one attached hydrogen (secondary N) is 3. The van der Waals surface area contributed by atoms with E-state index in [1.807, 2.05) is 0 Å². The van der Waals surface area contributed by atoms with E-state index in [2.05, 4.69) is 25.3 Å². The van der Waals surface area contributed by atoms with E-state index in [9.17, 15) is 8.42 Å². The highest BCUT2D eigenvalue weighted by Crippen LogP contribution is 2.40. The van der Waals surface area contributed by atoms with Gasteiger partial charge in [-0.15, -0.1) is 12.4 Å². The van der Waals surface area contributed by atoms with Crippen LogP contribution in [-0.2, 0) is 10.0 Å². The van der Waals surface area contributed by atoms with E-state index >= 15 is 0 Å². The molecule has 0 atom stereocenters. The average molecular weight is 516 g/mol. The predicted octanol–water partition coefficient (Wildman–Crippen LogP) is 4.44. The second kappa shape index (κ2) is 11.1. The second-order valence-corrected chi connectivity index (χ2v) is 8.63. The Labute approximate surface area is 203 Å². The van der Waals surface area contributed by atoms with Crippen LogP contribution < -0.4 is 29.6 Å². The predicted molar refractivity (Wildman–Crippen MR) is 132 cm³/mol. The van der Waals surface area contributed by atoms with Crippen molar-refractivity contribution < 1.29 is 22.6 Å². The van der Waals surface area contributed by atoms with E-state index in [4.69, 9.17) is 25.8 Å². The van der Waals surface area contributed by atoms with Crippen molar-refractivity contribution in [1.29, 1.82) is 0 Å². The third-order valence-electron chi connectivity index (χ3n) is 4.14. The zero-order valence-electron chi connectivity index (χ0n) is 18.2. The lowest BCUT2D eigenvalue weighted by Crippen LogP contribution is -2.11. The minimum absolute atomic E-state index is 0. The Bertz CT molecular complexity index is 1200. The van der Waals surface area contributed by atoms with Crippen molar-refractivity contribution in [1.82, 2.24) is 9.97 Å². The van der Waals surface area contributed by atoms with Crippen LogP contribution in [0.25, 0.3) is 0 Å². The summed E-state index contributed by atoms with van der Waals surface area (Å²) in [6.07, 6.45) is 2.49. The monoisotopic (exact) mass is 515 g/mol. The molecule has 0 bridgehead atoms. The SMILES string of the molecule is COc1cc(Nc2ncc(Cl)c(Nc3ccccc3NS(C)(=O)=O)n2)cc(OC)c1OC.Cl. The summed E-state index contributed by atoms with van der Waals surface area (Å²) in [5.41, 5.74) is 1.41. The summed E-state index contributed by atoms with van der Waals surface area (Å²) in [5.74, 6) is 1.89. The van der Waals surface area contributed by atoms with Crippen LogP contribution in [0.15, 0.2) is 42.6 Å². The van der Waals surface area contributed by atoms with Crippen LogP contribution in [0, 0.1) is 0 Å². The number of sulfonamides is 1. The molecule has 0 saturated carbocycles. The topological polar surface area (TPSA) is 124 Å². The molecule has 0 aliphatic carbocycles. The lowest BCUT2D eigenvalue weighted by atomic mass is 10.2. The molecule has 1 aromatic heterocycles. The van der Waals surface area contributed by atoms with Gasteiger partial charge in [-0.05, 0) is 12.1 Å². The van der Waals surface area contributed by atoms with E-state index < -0.39 is 10.0 Å². The molecule has 0 radical (unpaired) electrons. The highest BCUT2D eigenvalue weighted by Gasteiger charge is 2.15. The van der Waals surface area contributed by atoms with Crippen molar-refractivity contribution >= 4 is 62.9 Å². The van der Waals surface area contributed by atoms with Crippen LogP contribution in [0.3, 0.4) is 0 Å². The normalized spacial score (nSPS) is 10.6. The number of hydrogen-bond donors (Lipinski definition) is 3. The number of rotatable bonds is 9. The molecule has 0 saturated heterocycles. The van der Waals surface area contributed by atoms with Gasteiger partial charge in [0.1, 0.15) is 5.02 Å². The molecule has 0 fully saturated rings. The van der Waals surface area contributed by atoms with E-state index in [-0.39, 0.29) is 29.2 Å². The lowest BCUT2D eigenvalue weighted by molar-refractivity contribution is 0.324. The first kappa shape index (κ1) is 26.1. The number of methoxy groups -OCH3 is 3. The Morgan fingerprint density at radius 1 is 0.939 bits per heavy atom. The molecular weight excluding hydrogens is 493 g/mol. The number of aromatic nitrogens is 2. The van der Waals surface area contributed by atoms with Crippen LogP contribution in [0.4, 0.5) is 28.8 Å². The molecular formula is C20H23Cl2N5O5S. The molecule has 0 aliphatic rings. The molecule has 3 rings (SSSR count). The van der Waals surface area contributed by atoms with Gasteiger partial charge in [0.25, 0.3) is 0 Å². The van der Waals surface area contributed by atoms with Gasteiger partial charge in [-0.25, -0.2) is 13.4 Å². The Hall–Kier alpha value is -3.15. The summed E-state index contributed by atoms with van der Waals surface area (Å²) in [7, 11) is 1.08. The minimum atomic E-state index is -3.47. The van der Waals surface area contributed by atoms with Crippen LogP contribution in [0.1, 0.15) is 0 Å². The zero-order chi connectivity index (χ0) is 23.3. The fourth-order valence-electron chi connectivity index (χ4n) is 2.81. The maximum atomic E-state index is 11.6. The smallest absolute Gasteiger partial charge is 0.229 e. The number of hydrogen-bond acceptors (Lipinski definition) is 9. The first-order chi connectivity index (χ1) is 15.2. The molecule has 3 N–H and O–H groups in total. The lowest BCUT2D eigenvalue weighted by Gasteiger charge is -2.16. The van der Waals surface area contributed by atoms with Gasteiger partial charge in [0, 0.05) is 17.8 Å². The number of ether oxygens (including phenoxy) is 3. The molecule has 2 aromatic carbocycles. The summed E-state index contributed by atoms with van der Waals surface area (Å²) in [6.45, 7) is 0. The molecule has 0 amide bonds. The number of para-hydroxylation sites is 2. The summed E-state index contributed by atoms with van der Waals surface area (Å²) >= 11 is 6.26. The van der Waals surface area contributed by atoms with Gasteiger partial charge in [-0.2, -0.15) is 4.98 Å². The molecule has 13 heteroatoms. The van der Waals surface area contributed by atoms with Gasteiger partial charge in [0.05, 0.1) is 45.2 Å². The van der Waals surface area contributed by atoms with E-state index in [1.54, 1.807) is 36.4 Å². The van der Waals surface area contributed by atoms with Gasteiger partial charge in [-0.1, -0.05) is 23.7 Å². The third-order valence-corrected chi connectivity index (χ3v) is 5.01. The Balaban J connectivity index is 0.00000385. The molecule has 10 nitrogen and oxygen atoms in total. The van der Waals surface area contributed by atoms with Crippen molar-refractivity contribution in [2.75, 3.05) is 42.9 Å².